The van der Waals surface area contributed by atoms with E-state index in [4.69, 9.17) is 39.6 Å². The Hall–Kier alpha value is -1.95. The number of nitrogens with zero attached hydrogens (tertiary/aromatic N) is 2. The van der Waals surface area contributed by atoms with Gasteiger partial charge in [-0.1, -0.05) is 64.2 Å². The van der Waals surface area contributed by atoms with Crippen molar-refractivity contribution in [3.63, 3.8) is 0 Å². The second-order valence-electron chi connectivity index (χ2n) is 6.41. The van der Waals surface area contributed by atoms with Gasteiger partial charge in [0.2, 0.25) is 0 Å². The second kappa shape index (κ2) is 9.50. The van der Waals surface area contributed by atoms with Crippen LogP contribution in [-0.4, -0.2) is 35.8 Å². The van der Waals surface area contributed by atoms with Crippen molar-refractivity contribution >= 4 is 46.5 Å². The van der Waals surface area contributed by atoms with E-state index in [1.165, 1.54) is 0 Å². The van der Waals surface area contributed by atoms with E-state index in [-0.39, 0.29) is 12.1 Å². The molecular weight excluding hydrogens is 421 g/mol. The first-order chi connectivity index (χ1) is 13.5. The third-order valence-electron chi connectivity index (χ3n) is 4.34. The summed E-state index contributed by atoms with van der Waals surface area (Å²) in [6.07, 6.45) is 0.311. The van der Waals surface area contributed by atoms with Crippen molar-refractivity contribution in [1.29, 1.82) is 0 Å². The van der Waals surface area contributed by atoms with Crippen LogP contribution >= 0.6 is 34.8 Å². The lowest BCUT2D eigenvalue weighted by atomic mass is 10.0. The van der Waals surface area contributed by atoms with Gasteiger partial charge in [0.15, 0.2) is 6.10 Å². The molecule has 1 N–H and O–H groups in total. The highest BCUT2D eigenvalue weighted by atomic mass is 35.5. The van der Waals surface area contributed by atoms with Crippen molar-refractivity contribution in [1.82, 2.24) is 10.2 Å². The van der Waals surface area contributed by atoms with Crippen molar-refractivity contribution in [2.75, 3.05) is 13.1 Å². The first-order valence-electron chi connectivity index (χ1n) is 8.92. The molecule has 1 heterocycles. The highest BCUT2D eigenvalue weighted by molar-refractivity contribution is 6.42. The minimum absolute atomic E-state index is 0.172. The number of benzene rings is 2. The number of amides is 2. The number of nitrogens with one attached hydrogen (secondary N) is 1. The molecule has 2 aromatic rings. The number of halogens is 3. The SMILES string of the molecule is CCNC(=O)N(Cc1ccccc1Cl)C[C@@H]1CC(c2ccc(Cl)c(Cl)c2)=NO1. The highest BCUT2D eigenvalue weighted by Gasteiger charge is 2.27. The summed E-state index contributed by atoms with van der Waals surface area (Å²) < 4.78 is 0. The quantitative estimate of drug-likeness (QED) is 0.656. The van der Waals surface area contributed by atoms with Crippen molar-refractivity contribution in [3.8, 4) is 0 Å². The molecule has 0 aromatic heterocycles. The van der Waals surface area contributed by atoms with Gasteiger partial charge in [-0.25, -0.2) is 4.79 Å². The molecule has 0 radical (unpaired) electrons. The second-order valence-corrected chi connectivity index (χ2v) is 7.63. The van der Waals surface area contributed by atoms with Crippen LogP contribution in [0.3, 0.4) is 0 Å². The van der Waals surface area contributed by atoms with Gasteiger partial charge in [0.25, 0.3) is 0 Å². The molecular formula is C20H20Cl3N3O2. The normalized spacial score (nSPS) is 15.7. The molecule has 1 atom stereocenters. The molecule has 0 spiro atoms. The van der Waals surface area contributed by atoms with Crippen molar-refractivity contribution in [2.45, 2.75) is 26.0 Å². The minimum atomic E-state index is -0.255. The monoisotopic (exact) mass is 439 g/mol. The highest BCUT2D eigenvalue weighted by Crippen LogP contribution is 2.26. The smallest absolute Gasteiger partial charge is 0.317 e. The Labute approximate surface area is 179 Å². The number of oxime groups is 1. The zero-order chi connectivity index (χ0) is 20.1. The zero-order valence-corrected chi connectivity index (χ0v) is 17.6. The zero-order valence-electron chi connectivity index (χ0n) is 15.3. The lowest BCUT2D eigenvalue weighted by molar-refractivity contribution is 0.0590. The van der Waals surface area contributed by atoms with Crippen LogP contribution in [0.2, 0.25) is 15.1 Å². The molecule has 0 saturated heterocycles. The van der Waals surface area contributed by atoms with Gasteiger partial charge < -0.3 is 15.1 Å². The van der Waals surface area contributed by atoms with E-state index >= 15 is 0 Å². The summed E-state index contributed by atoms with van der Waals surface area (Å²) in [6, 6.07) is 12.6. The maximum Gasteiger partial charge on any atom is 0.317 e. The topological polar surface area (TPSA) is 53.9 Å². The number of rotatable bonds is 6. The van der Waals surface area contributed by atoms with Crippen molar-refractivity contribution < 1.29 is 9.63 Å². The fraction of sp³-hybridized carbons (Fsp3) is 0.300. The molecule has 1 aliphatic heterocycles. The minimum Gasteiger partial charge on any atom is -0.390 e. The molecule has 0 bridgehead atoms. The van der Waals surface area contributed by atoms with Gasteiger partial charge >= 0.3 is 6.03 Å². The average Bonchev–Trinajstić information content (AvgIpc) is 3.14. The lowest BCUT2D eigenvalue weighted by Gasteiger charge is -2.25. The number of carbonyl (C=O) groups is 1. The third kappa shape index (κ3) is 5.10. The van der Waals surface area contributed by atoms with E-state index in [0.29, 0.717) is 41.1 Å². The number of hydrogen-bond donors (Lipinski definition) is 1. The summed E-state index contributed by atoms with van der Waals surface area (Å²) in [7, 11) is 0. The first-order valence-corrected chi connectivity index (χ1v) is 10.1. The molecule has 0 fully saturated rings. The summed E-state index contributed by atoms with van der Waals surface area (Å²) in [6.45, 7) is 3.18. The average molecular weight is 441 g/mol. The molecule has 5 nitrogen and oxygen atoms in total. The Bertz CT molecular complexity index is 889. The van der Waals surface area contributed by atoms with E-state index in [1.54, 1.807) is 17.0 Å². The molecule has 2 aromatic carbocycles. The van der Waals surface area contributed by atoms with Crippen LogP contribution in [0.25, 0.3) is 0 Å². The third-order valence-corrected chi connectivity index (χ3v) is 5.45. The van der Waals surface area contributed by atoms with E-state index < -0.39 is 0 Å². The Kier molecular flexibility index (Phi) is 7.05. The molecule has 148 valence electrons. The van der Waals surface area contributed by atoms with E-state index in [1.807, 2.05) is 37.3 Å². The summed E-state index contributed by atoms with van der Waals surface area (Å²) in [4.78, 5) is 19.8. The van der Waals surface area contributed by atoms with Gasteiger partial charge in [0.05, 0.1) is 22.3 Å². The van der Waals surface area contributed by atoms with Crippen molar-refractivity contribution in [2.24, 2.45) is 5.16 Å². The fourth-order valence-electron chi connectivity index (χ4n) is 2.93. The van der Waals surface area contributed by atoms with Crippen LogP contribution in [0.5, 0.6) is 0 Å². The molecule has 28 heavy (non-hydrogen) atoms. The van der Waals surface area contributed by atoms with Crippen LogP contribution in [0.1, 0.15) is 24.5 Å². The molecule has 0 aliphatic carbocycles. The van der Waals surface area contributed by atoms with Gasteiger partial charge in [-0.3, -0.25) is 0 Å². The standard InChI is InChI=1S/C20H20Cl3N3O2/c1-2-24-20(27)26(11-14-5-3-4-6-16(14)21)12-15-10-19(25-28-15)13-7-8-17(22)18(23)9-13/h3-9,15H,2,10-12H2,1H3,(H,24,27)/t15-/m0/s1. The van der Waals surface area contributed by atoms with Crippen LogP contribution in [0.15, 0.2) is 47.6 Å². The van der Waals surface area contributed by atoms with Crippen LogP contribution < -0.4 is 5.32 Å². The van der Waals surface area contributed by atoms with Gasteiger partial charge in [-0.05, 0) is 30.7 Å². The first kappa shape index (κ1) is 20.8. The summed E-state index contributed by atoms with van der Waals surface area (Å²) >= 11 is 18.3. The van der Waals surface area contributed by atoms with Gasteiger partial charge in [0.1, 0.15) is 0 Å². The Morgan fingerprint density at radius 1 is 1.18 bits per heavy atom. The summed E-state index contributed by atoms with van der Waals surface area (Å²) in [5.41, 5.74) is 2.50. The summed E-state index contributed by atoms with van der Waals surface area (Å²) in [5.74, 6) is 0. The summed E-state index contributed by atoms with van der Waals surface area (Å²) in [5, 5.41) is 8.58. The maximum absolute atomic E-state index is 12.5. The number of urea groups is 1. The van der Waals surface area contributed by atoms with Crippen molar-refractivity contribution in [3.05, 3.63) is 68.7 Å². The van der Waals surface area contributed by atoms with Gasteiger partial charge in [0, 0.05) is 30.1 Å². The number of hydrogen-bond acceptors (Lipinski definition) is 3. The Morgan fingerprint density at radius 2 is 1.96 bits per heavy atom. The molecule has 8 heteroatoms. The molecule has 3 rings (SSSR count). The van der Waals surface area contributed by atoms with Gasteiger partial charge in [-0.15, -0.1) is 0 Å². The predicted molar refractivity (Wildman–Crippen MR) is 113 cm³/mol. The van der Waals surface area contributed by atoms with Crippen LogP contribution in [0, 0.1) is 0 Å². The Balaban J connectivity index is 1.69. The molecule has 0 unspecified atom stereocenters. The fourth-order valence-corrected chi connectivity index (χ4v) is 3.43. The molecule has 2 amide bonds. The largest absolute Gasteiger partial charge is 0.390 e. The lowest BCUT2D eigenvalue weighted by Crippen LogP contribution is -2.43. The molecule has 0 saturated carbocycles. The van der Waals surface area contributed by atoms with Crippen LogP contribution in [0.4, 0.5) is 4.79 Å². The number of carbonyl (C=O) groups excluding carboxylic acids is 1. The maximum atomic E-state index is 12.5. The predicted octanol–water partition coefficient (Wildman–Crippen LogP) is 5.37. The van der Waals surface area contributed by atoms with E-state index in [0.717, 1.165) is 16.8 Å². The Morgan fingerprint density at radius 3 is 2.68 bits per heavy atom. The van der Waals surface area contributed by atoms with Crippen LogP contribution in [-0.2, 0) is 11.4 Å². The molecule has 1 aliphatic rings. The van der Waals surface area contributed by atoms with Gasteiger partial charge in [-0.2, -0.15) is 0 Å². The van der Waals surface area contributed by atoms with E-state index in [2.05, 4.69) is 10.5 Å². The van der Waals surface area contributed by atoms with E-state index in [9.17, 15) is 4.79 Å².